The second-order valence-corrected chi connectivity index (χ2v) is 5.24. The van der Waals surface area contributed by atoms with Gasteiger partial charge in [0, 0.05) is 6.54 Å². The van der Waals surface area contributed by atoms with Crippen LogP contribution >= 0.6 is 0 Å². The number of aromatic nitrogens is 1. The van der Waals surface area contributed by atoms with Crippen molar-refractivity contribution in [2.75, 3.05) is 11.9 Å². The third-order valence-electron chi connectivity index (χ3n) is 3.59. The van der Waals surface area contributed by atoms with Crippen molar-refractivity contribution in [2.45, 2.75) is 52.2 Å². The summed E-state index contributed by atoms with van der Waals surface area (Å²) in [7, 11) is 0. The van der Waals surface area contributed by atoms with E-state index in [1.54, 1.807) is 0 Å². The van der Waals surface area contributed by atoms with Crippen LogP contribution in [0.4, 0.5) is 5.82 Å². The molecule has 0 unspecified atom stereocenters. The van der Waals surface area contributed by atoms with Crippen LogP contribution in [-0.2, 0) is 11.3 Å². The Hall–Kier alpha value is -1.09. The molecule has 0 saturated heterocycles. The number of nitrogens with one attached hydrogen (secondary N) is 1. The summed E-state index contributed by atoms with van der Waals surface area (Å²) >= 11 is 0. The lowest BCUT2D eigenvalue weighted by Gasteiger charge is -2.26. The zero-order chi connectivity index (χ0) is 12.8. The fourth-order valence-corrected chi connectivity index (χ4v) is 2.44. The minimum absolute atomic E-state index is 0.436. The Kier molecular flexibility index (Phi) is 5.00. The van der Waals surface area contributed by atoms with Crippen molar-refractivity contribution in [2.24, 2.45) is 5.92 Å². The summed E-state index contributed by atoms with van der Waals surface area (Å²) < 4.78 is 5.96. The van der Waals surface area contributed by atoms with E-state index in [1.807, 2.05) is 18.2 Å². The largest absolute Gasteiger partial charge is 0.372 e. The number of ether oxygens (including phenoxy) is 1. The number of anilines is 1. The molecule has 1 aliphatic carbocycles. The van der Waals surface area contributed by atoms with Gasteiger partial charge in [-0.25, -0.2) is 4.98 Å². The first-order valence-corrected chi connectivity index (χ1v) is 7.09. The van der Waals surface area contributed by atoms with Crippen molar-refractivity contribution in [3.8, 4) is 0 Å². The van der Waals surface area contributed by atoms with Crippen molar-refractivity contribution in [1.82, 2.24) is 4.98 Å². The Morgan fingerprint density at radius 3 is 2.78 bits per heavy atom. The summed E-state index contributed by atoms with van der Waals surface area (Å²) in [6.45, 7) is 5.95. The standard InChI is InChI=1S/C15H24N2O/c1-3-16-15-6-4-5-13(17-15)11-18-14-9-7-12(2)8-10-14/h4-6,12,14H,3,7-11H2,1-2H3,(H,16,17). The van der Waals surface area contributed by atoms with Gasteiger partial charge in [0.25, 0.3) is 0 Å². The van der Waals surface area contributed by atoms with Crippen LogP contribution in [0.3, 0.4) is 0 Å². The zero-order valence-corrected chi connectivity index (χ0v) is 11.5. The third-order valence-corrected chi connectivity index (χ3v) is 3.59. The molecule has 18 heavy (non-hydrogen) atoms. The van der Waals surface area contributed by atoms with E-state index in [0.29, 0.717) is 12.7 Å². The minimum Gasteiger partial charge on any atom is -0.372 e. The second-order valence-electron chi connectivity index (χ2n) is 5.24. The van der Waals surface area contributed by atoms with Crippen LogP contribution in [0.2, 0.25) is 0 Å². The maximum Gasteiger partial charge on any atom is 0.126 e. The average molecular weight is 248 g/mol. The molecule has 2 rings (SSSR count). The third kappa shape index (κ3) is 3.98. The smallest absolute Gasteiger partial charge is 0.126 e. The van der Waals surface area contributed by atoms with Crippen LogP contribution in [0.25, 0.3) is 0 Å². The maximum absolute atomic E-state index is 5.96. The summed E-state index contributed by atoms with van der Waals surface area (Å²) in [4.78, 5) is 4.53. The molecule has 1 aliphatic rings. The molecule has 1 saturated carbocycles. The van der Waals surface area contributed by atoms with Gasteiger partial charge in [-0.05, 0) is 50.7 Å². The topological polar surface area (TPSA) is 34.1 Å². The normalized spacial score (nSPS) is 23.9. The van der Waals surface area contributed by atoms with Crippen LogP contribution in [0, 0.1) is 5.92 Å². The number of rotatable bonds is 5. The molecule has 0 atom stereocenters. The molecular formula is C15H24N2O. The predicted octanol–water partition coefficient (Wildman–Crippen LogP) is 3.61. The van der Waals surface area contributed by atoms with Gasteiger partial charge < -0.3 is 10.1 Å². The predicted molar refractivity (Wildman–Crippen MR) is 74.6 cm³/mol. The lowest BCUT2D eigenvalue weighted by molar-refractivity contribution is 0.00733. The highest BCUT2D eigenvalue weighted by Gasteiger charge is 2.18. The van der Waals surface area contributed by atoms with E-state index in [9.17, 15) is 0 Å². The van der Waals surface area contributed by atoms with Gasteiger partial charge in [-0.15, -0.1) is 0 Å². The average Bonchev–Trinajstić information content (AvgIpc) is 2.39. The molecule has 3 heteroatoms. The van der Waals surface area contributed by atoms with Crippen molar-refractivity contribution in [3.05, 3.63) is 23.9 Å². The maximum atomic E-state index is 5.96. The molecular weight excluding hydrogens is 224 g/mol. The number of hydrogen-bond donors (Lipinski definition) is 1. The number of nitrogens with zero attached hydrogens (tertiary/aromatic N) is 1. The molecule has 0 bridgehead atoms. The minimum atomic E-state index is 0.436. The summed E-state index contributed by atoms with van der Waals surface area (Å²) in [5.74, 6) is 1.82. The lowest BCUT2D eigenvalue weighted by Crippen LogP contribution is -2.20. The highest BCUT2D eigenvalue weighted by Crippen LogP contribution is 2.26. The molecule has 1 fully saturated rings. The van der Waals surface area contributed by atoms with E-state index in [1.165, 1.54) is 25.7 Å². The Balaban J connectivity index is 1.80. The van der Waals surface area contributed by atoms with Crippen LogP contribution in [0.1, 0.15) is 45.2 Å². The van der Waals surface area contributed by atoms with Crippen molar-refractivity contribution in [1.29, 1.82) is 0 Å². The summed E-state index contributed by atoms with van der Waals surface area (Å²) in [5.41, 5.74) is 1.02. The molecule has 0 aromatic carbocycles. The fraction of sp³-hybridized carbons (Fsp3) is 0.667. The van der Waals surface area contributed by atoms with E-state index in [4.69, 9.17) is 4.74 Å². The van der Waals surface area contributed by atoms with Gasteiger partial charge in [0.05, 0.1) is 18.4 Å². The quantitative estimate of drug-likeness (QED) is 0.864. The molecule has 3 nitrogen and oxygen atoms in total. The van der Waals surface area contributed by atoms with Gasteiger partial charge in [-0.3, -0.25) is 0 Å². The van der Waals surface area contributed by atoms with Gasteiger partial charge in [0.1, 0.15) is 5.82 Å². The molecule has 1 heterocycles. The number of hydrogen-bond acceptors (Lipinski definition) is 3. The van der Waals surface area contributed by atoms with Crippen LogP contribution in [0.5, 0.6) is 0 Å². The van der Waals surface area contributed by atoms with Crippen LogP contribution in [0.15, 0.2) is 18.2 Å². The first kappa shape index (κ1) is 13.3. The van der Waals surface area contributed by atoms with E-state index < -0.39 is 0 Å². The monoisotopic (exact) mass is 248 g/mol. The first-order valence-electron chi connectivity index (χ1n) is 7.09. The van der Waals surface area contributed by atoms with Gasteiger partial charge in [0.2, 0.25) is 0 Å². The fourth-order valence-electron chi connectivity index (χ4n) is 2.44. The molecule has 0 spiro atoms. The van der Waals surface area contributed by atoms with E-state index in [0.717, 1.165) is 24.0 Å². The lowest BCUT2D eigenvalue weighted by atomic mass is 9.89. The Morgan fingerprint density at radius 2 is 2.06 bits per heavy atom. The zero-order valence-electron chi connectivity index (χ0n) is 11.5. The first-order chi connectivity index (χ1) is 8.78. The van der Waals surface area contributed by atoms with E-state index >= 15 is 0 Å². The van der Waals surface area contributed by atoms with Crippen molar-refractivity contribution < 1.29 is 4.74 Å². The molecule has 0 aliphatic heterocycles. The molecule has 100 valence electrons. The van der Waals surface area contributed by atoms with E-state index in [-0.39, 0.29) is 0 Å². The summed E-state index contributed by atoms with van der Waals surface area (Å²) in [6, 6.07) is 6.06. The Bertz CT molecular complexity index is 359. The highest BCUT2D eigenvalue weighted by molar-refractivity contribution is 5.34. The molecule has 1 aromatic heterocycles. The molecule has 0 radical (unpaired) electrons. The van der Waals surface area contributed by atoms with Gasteiger partial charge in [0.15, 0.2) is 0 Å². The molecule has 0 amide bonds. The van der Waals surface area contributed by atoms with E-state index in [2.05, 4.69) is 24.1 Å². The second kappa shape index (κ2) is 6.74. The van der Waals surface area contributed by atoms with Crippen molar-refractivity contribution in [3.63, 3.8) is 0 Å². The van der Waals surface area contributed by atoms with Gasteiger partial charge in [-0.2, -0.15) is 0 Å². The van der Waals surface area contributed by atoms with Crippen molar-refractivity contribution >= 4 is 5.82 Å². The Labute approximate surface area is 110 Å². The Morgan fingerprint density at radius 1 is 1.28 bits per heavy atom. The SMILES string of the molecule is CCNc1cccc(COC2CCC(C)CC2)n1. The number of pyridine rings is 1. The van der Waals surface area contributed by atoms with Crippen LogP contribution < -0.4 is 5.32 Å². The highest BCUT2D eigenvalue weighted by atomic mass is 16.5. The molecule has 1 aromatic rings. The summed E-state index contributed by atoms with van der Waals surface area (Å²) in [5, 5.41) is 3.22. The van der Waals surface area contributed by atoms with Gasteiger partial charge in [-0.1, -0.05) is 13.0 Å². The molecule has 1 N–H and O–H groups in total. The summed E-state index contributed by atoms with van der Waals surface area (Å²) in [6.07, 6.45) is 5.44. The van der Waals surface area contributed by atoms with Crippen LogP contribution in [-0.4, -0.2) is 17.6 Å². The van der Waals surface area contributed by atoms with Gasteiger partial charge >= 0.3 is 0 Å².